The van der Waals surface area contributed by atoms with Gasteiger partial charge in [-0.1, -0.05) is 35.3 Å². The third-order valence-corrected chi connectivity index (χ3v) is 7.19. The molecule has 2 aromatic carbocycles. The van der Waals surface area contributed by atoms with Crippen LogP contribution in [0.25, 0.3) is 28.1 Å². The molecule has 1 saturated heterocycles. The highest BCUT2D eigenvalue weighted by molar-refractivity contribution is 6.33. The SMILES string of the molecule is CC(C)NC1(C(N)=O)CCN(c2nncc3c2nc(-c2ccccc2Cl)n3-c2ccc(Cl)cc2)CC1. The minimum absolute atomic E-state index is 0.139. The van der Waals surface area contributed by atoms with Crippen molar-refractivity contribution in [1.82, 2.24) is 25.1 Å². The molecule has 0 saturated carbocycles. The predicted octanol–water partition coefficient (Wildman–Crippen LogP) is 4.61. The molecule has 0 atom stereocenters. The standard InChI is InChI=1S/C26H27Cl2N7O/c1-16(2)32-26(25(29)36)11-13-34(14-12-26)24-22-21(15-30-33-24)35(18-9-7-17(27)8-10-18)23(31-22)19-5-3-4-6-20(19)28/h3-10,15-16,32H,11-14H2,1-2H3,(H2,29,36). The third-order valence-electron chi connectivity index (χ3n) is 6.61. The number of halogens is 2. The van der Waals surface area contributed by atoms with E-state index in [0.29, 0.717) is 53.1 Å². The van der Waals surface area contributed by atoms with E-state index in [1.807, 2.05) is 66.9 Å². The van der Waals surface area contributed by atoms with Crippen LogP contribution >= 0.6 is 23.2 Å². The molecule has 1 aliphatic heterocycles. The Hall–Kier alpha value is -3.20. The van der Waals surface area contributed by atoms with Crippen LogP contribution in [0.4, 0.5) is 5.82 Å². The van der Waals surface area contributed by atoms with E-state index in [-0.39, 0.29) is 11.9 Å². The molecule has 3 heterocycles. The van der Waals surface area contributed by atoms with Gasteiger partial charge >= 0.3 is 0 Å². The van der Waals surface area contributed by atoms with E-state index >= 15 is 0 Å². The largest absolute Gasteiger partial charge is 0.368 e. The minimum Gasteiger partial charge on any atom is -0.368 e. The van der Waals surface area contributed by atoms with Crippen LogP contribution in [-0.2, 0) is 4.79 Å². The molecular formula is C26H27Cl2N7O. The lowest BCUT2D eigenvalue weighted by Gasteiger charge is -2.41. The van der Waals surface area contributed by atoms with Crippen molar-refractivity contribution in [3.05, 3.63) is 64.8 Å². The molecule has 4 aromatic rings. The van der Waals surface area contributed by atoms with Crippen molar-refractivity contribution < 1.29 is 4.79 Å². The van der Waals surface area contributed by atoms with Crippen molar-refractivity contribution in [3.8, 4) is 17.1 Å². The summed E-state index contributed by atoms with van der Waals surface area (Å²) in [6.45, 7) is 5.21. The average molecular weight is 524 g/mol. The summed E-state index contributed by atoms with van der Waals surface area (Å²) < 4.78 is 2.02. The number of benzene rings is 2. The second-order valence-electron chi connectivity index (χ2n) is 9.36. The summed E-state index contributed by atoms with van der Waals surface area (Å²) in [7, 11) is 0. The van der Waals surface area contributed by atoms with Gasteiger partial charge in [0.2, 0.25) is 5.91 Å². The Balaban J connectivity index is 1.61. The quantitative estimate of drug-likeness (QED) is 0.382. The second kappa shape index (κ2) is 9.69. The van der Waals surface area contributed by atoms with Gasteiger partial charge in [0.05, 0.1) is 16.7 Å². The van der Waals surface area contributed by atoms with Crippen LogP contribution in [0.15, 0.2) is 54.7 Å². The zero-order valence-corrected chi connectivity index (χ0v) is 21.6. The monoisotopic (exact) mass is 523 g/mol. The number of carbonyl (C=O) groups excluding carboxylic acids is 1. The lowest BCUT2D eigenvalue weighted by Crippen LogP contribution is -2.62. The van der Waals surface area contributed by atoms with E-state index in [1.54, 1.807) is 6.20 Å². The van der Waals surface area contributed by atoms with Gasteiger partial charge in [-0.05, 0) is 63.1 Å². The lowest BCUT2D eigenvalue weighted by atomic mass is 9.86. The maximum absolute atomic E-state index is 12.4. The molecule has 186 valence electrons. The molecule has 0 aliphatic carbocycles. The van der Waals surface area contributed by atoms with E-state index in [4.69, 9.17) is 33.9 Å². The molecule has 8 nitrogen and oxygen atoms in total. The van der Waals surface area contributed by atoms with Gasteiger partial charge in [0.15, 0.2) is 5.82 Å². The molecule has 10 heteroatoms. The number of nitrogens with one attached hydrogen (secondary N) is 1. The normalized spacial score (nSPS) is 15.5. The van der Waals surface area contributed by atoms with Crippen LogP contribution in [0.3, 0.4) is 0 Å². The number of rotatable bonds is 6. The first-order valence-electron chi connectivity index (χ1n) is 11.9. The van der Waals surface area contributed by atoms with Gasteiger partial charge in [0, 0.05) is 35.4 Å². The topological polar surface area (TPSA) is 102 Å². The number of hydrogen-bond acceptors (Lipinski definition) is 6. The highest BCUT2D eigenvalue weighted by atomic mass is 35.5. The number of anilines is 1. The van der Waals surface area contributed by atoms with Crippen LogP contribution in [-0.4, -0.2) is 50.3 Å². The van der Waals surface area contributed by atoms with Crippen molar-refractivity contribution in [2.45, 2.75) is 38.3 Å². The van der Waals surface area contributed by atoms with Gasteiger partial charge in [-0.25, -0.2) is 4.98 Å². The van der Waals surface area contributed by atoms with Crippen LogP contribution in [0.5, 0.6) is 0 Å². The molecule has 3 N–H and O–H groups in total. The fourth-order valence-corrected chi connectivity index (χ4v) is 5.25. The number of nitrogens with zero attached hydrogens (tertiary/aromatic N) is 5. The average Bonchev–Trinajstić information content (AvgIpc) is 3.24. The van der Waals surface area contributed by atoms with Gasteiger partial charge in [-0.15, -0.1) is 5.10 Å². The highest BCUT2D eigenvalue weighted by Gasteiger charge is 2.41. The van der Waals surface area contributed by atoms with Gasteiger partial charge in [0.25, 0.3) is 0 Å². The van der Waals surface area contributed by atoms with Gasteiger partial charge in [-0.2, -0.15) is 5.10 Å². The number of primary amides is 1. The number of hydrogen-bond donors (Lipinski definition) is 2. The first-order chi connectivity index (χ1) is 17.3. The van der Waals surface area contributed by atoms with Crippen molar-refractivity contribution in [3.63, 3.8) is 0 Å². The van der Waals surface area contributed by atoms with Crippen LogP contribution < -0.4 is 16.0 Å². The Morgan fingerprint density at radius 2 is 1.78 bits per heavy atom. The number of aromatic nitrogens is 4. The zero-order valence-electron chi connectivity index (χ0n) is 20.1. The van der Waals surface area contributed by atoms with E-state index < -0.39 is 5.54 Å². The number of fused-ring (bicyclic) bond motifs is 1. The summed E-state index contributed by atoms with van der Waals surface area (Å²) >= 11 is 12.8. The minimum atomic E-state index is -0.739. The maximum atomic E-state index is 12.4. The zero-order chi connectivity index (χ0) is 25.4. The highest BCUT2D eigenvalue weighted by Crippen LogP contribution is 2.36. The molecule has 5 rings (SSSR count). The third kappa shape index (κ3) is 4.40. The Morgan fingerprint density at radius 1 is 1.08 bits per heavy atom. The Labute approximate surface area is 219 Å². The number of imidazole rings is 1. The van der Waals surface area contributed by atoms with E-state index in [2.05, 4.69) is 20.4 Å². The maximum Gasteiger partial charge on any atom is 0.237 e. The molecule has 1 amide bonds. The summed E-state index contributed by atoms with van der Waals surface area (Å²) in [5.41, 5.74) is 8.25. The molecule has 1 aliphatic rings. The van der Waals surface area contributed by atoms with E-state index in [1.165, 1.54) is 0 Å². The number of amides is 1. The van der Waals surface area contributed by atoms with Crippen molar-refractivity contribution >= 4 is 46.0 Å². The summed E-state index contributed by atoms with van der Waals surface area (Å²) in [6.07, 6.45) is 2.83. The fraction of sp³-hybridized carbons (Fsp3) is 0.308. The smallest absolute Gasteiger partial charge is 0.237 e. The lowest BCUT2D eigenvalue weighted by molar-refractivity contribution is -0.125. The van der Waals surface area contributed by atoms with Crippen LogP contribution in [0.2, 0.25) is 10.0 Å². The van der Waals surface area contributed by atoms with Crippen molar-refractivity contribution in [2.24, 2.45) is 5.73 Å². The molecule has 0 unspecified atom stereocenters. The molecule has 1 fully saturated rings. The van der Waals surface area contributed by atoms with Crippen LogP contribution in [0.1, 0.15) is 26.7 Å². The van der Waals surface area contributed by atoms with Crippen molar-refractivity contribution in [1.29, 1.82) is 0 Å². The van der Waals surface area contributed by atoms with Gasteiger partial charge in [0.1, 0.15) is 16.9 Å². The molecule has 0 bridgehead atoms. The molecular weight excluding hydrogens is 497 g/mol. The Morgan fingerprint density at radius 3 is 2.42 bits per heavy atom. The second-order valence-corrected chi connectivity index (χ2v) is 10.2. The summed E-state index contributed by atoms with van der Waals surface area (Å²) in [6, 6.07) is 15.3. The Bertz CT molecular complexity index is 1410. The number of carbonyl (C=O) groups is 1. The van der Waals surface area contributed by atoms with E-state index in [0.717, 1.165) is 16.8 Å². The first kappa shape index (κ1) is 24.5. The number of nitrogens with two attached hydrogens (primary N) is 1. The van der Waals surface area contributed by atoms with E-state index in [9.17, 15) is 4.79 Å². The molecule has 0 spiro atoms. The summed E-state index contributed by atoms with van der Waals surface area (Å²) in [5, 5.41) is 13.4. The summed E-state index contributed by atoms with van der Waals surface area (Å²) in [4.78, 5) is 19.5. The van der Waals surface area contributed by atoms with Gasteiger partial charge < -0.3 is 16.0 Å². The van der Waals surface area contributed by atoms with Crippen molar-refractivity contribution in [2.75, 3.05) is 18.0 Å². The first-order valence-corrected chi connectivity index (χ1v) is 12.6. The predicted molar refractivity (Wildman–Crippen MR) is 144 cm³/mol. The number of piperidine rings is 1. The Kier molecular flexibility index (Phi) is 6.59. The van der Waals surface area contributed by atoms with Crippen LogP contribution in [0, 0.1) is 0 Å². The summed E-state index contributed by atoms with van der Waals surface area (Å²) in [5.74, 6) is 1.02. The molecule has 2 aromatic heterocycles. The fourth-order valence-electron chi connectivity index (χ4n) is 4.90. The molecule has 36 heavy (non-hydrogen) atoms. The molecule has 0 radical (unpaired) electrons. The van der Waals surface area contributed by atoms with Gasteiger partial charge in [-0.3, -0.25) is 9.36 Å².